The zero-order valence-corrected chi connectivity index (χ0v) is 12.9. The first kappa shape index (κ1) is 15.4. The van der Waals surface area contributed by atoms with Crippen molar-refractivity contribution in [3.8, 4) is 0 Å². The van der Waals surface area contributed by atoms with Gasteiger partial charge in [-0.05, 0) is 42.0 Å². The third-order valence-electron chi connectivity index (χ3n) is 3.28. The Morgan fingerprint density at radius 1 is 1.35 bits per heavy atom. The van der Waals surface area contributed by atoms with Crippen molar-refractivity contribution in [2.75, 3.05) is 12.3 Å². The third-order valence-corrected chi connectivity index (χ3v) is 5.52. The van der Waals surface area contributed by atoms with Crippen LogP contribution in [0.2, 0.25) is 0 Å². The van der Waals surface area contributed by atoms with Gasteiger partial charge in [-0.25, -0.2) is 0 Å². The average Bonchev–Trinajstić information content (AvgIpc) is 2.90. The van der Waals surface area contributed by atoms with Crippen LogP contribution in [-0.4, -0.2) is 29.3 Å². The van der Waals surface area contributed by atoms with Gasteiger partial charge in [0.1, 0.15) is 5.25 Å². The minimum Gasteiger partial charge on any atom is -0.481 e. The quantitative estimate of drug-likeness (QED) is 0.760. The molecule has 0 aromatic carbocycles. The van der Waals surface area contributed by atoms with Crippen LogP contribution in [0.25, 0.3) is 0 Å². The smallest absolute Gasteiger partial charge is 0.303 e. The number of amides is 1. The standard InChI is InChI=1S/C14H19NO3S2/c16-12(17)4-2-1-3-7-15-14(18)13-10-5-8-19-11(10)6-9-20-13/h5,8,13H,1-4,6-7,9H2,(H,15,18)(H,16,17). The van der Waals surface area contributed by atoms with Crippen molar-refractivity contribution >= 4 is 35.0 Å². The minimum atomic E-state index is -0.752. The van der Waals surface area contributed by atoms with Gasteiger partial charge in [0, 0.05) is 17.8 Å². The summed E-state index contributed by atoms with van der Waals surface area (Å²) in [6.45, 7) is 0.634. The van der Waals surface area contributed by atoms with Gasteiger partial charge in [-0.2, -0.15) is 0 Å². The lowest BCUT2D eigenvalue weighted by Crippen LogP contribution is -2.30. The van der Waals surface area contributed by atoms with Gasteiger partial charge >= 0.3 is 5.97 Å². The van der Waals surface area contributed by atoms with E-state index in [2.05, 4.69) is 16.8 Å². The molecule has 1 atom stereocenters. The fraction of sp³-hybridized carbons (Fsp3) is 0.571. The number of unbranched alkanes of at least 4 members (excludes halogenated alkanes) is 2. The summed E-state index contributed by atoms with van der Waals surface area (Å²) < 4.78 is 0. The van der Waals surface area contributed by atoms with Crippen molar-refractivity contribution in [3.63, 3.8) is 0 Å². The minimum absolute atomic E-state index is 0.0657. The molecule has 6 heteroatoms. The topological polar surface area (TPSA) is 66.4 Å². The zero-order chi connectivity index (χ0) is 14.4. The number of carboxylic acids is 1. The van der Waals surface area contributed by atoms with E-state index in [0.29, 0.717) is 13.0 Å². The van der Waals surface area contributed by atoms with Crippen LogP contribution in [0.15, 0.2) is 11.4 Å². The third kappa shape index (κ3) is 4.24. The molecule has 0 fully saturated rings. The van der Waals surface area contributed by atoms with Crippen LogP contribution in [0.1, 0.15) is 41.4 Å². The number of rotatable bonds is 7. The number of aryl methyl sites for hydroxylation is 1. The van der Waals surface area contributed by atoms with E-state index in [1.165, 1.54) is 10.4 Å². The molecule has 2 rings (SSSR count). The van der Waals surface area contributed by atoms with Gasteiger partial charge in [-0.15, -0.1) is 23.1 Å². The van der Waals surface area contributed by atoms with E-state index >= 15 is 0 Å². The highest BCUT2D eigenvalue weighted by Gasteiger charge is 2.27. The molecule has 2 heterocycles. The molecule has 1 amide bonds. The largest absolute Gasteiger partial charge is 0.481 e. The van der Waals surface area contributed by atoms with Gasteiger partial charge < -0.3 is 10.4 Å². The number of hydrogen-bond donors (Lipinski definition) is 2. The maximum absolute atomic E-state index is 12.2. The summed E-state index contributed by atoms with van der Waals surface area (Å²) in [5.74, 6) is 0.342. The number of aliphatic carboxylic acids is 1. The van der Waals surface area contributed by atoms with Crippen molar-refractivity contribution in [3.05, 3.63) is 21.9 Å². The van der Waals surface area contributed by atoms with E-state index in [4.69, 9.17) is 5.11 Å². The van der Waals surface area contributed by atoms with E-state index < -0.39 is 5.97 Å². The molecule has 1 aromatic heterocycles. The van der Waals surface area contributed by atoms with Crippen LogP contribution in [0.4, 0.5) is 0 Å². The molecule has 1 aliphatic heterocycles. The van der Waals surface area contributed by atoms with Crippen LogP contribution in [-0.2, 0) is 16.0 Å². The van der Waals surface area contributed by atoms with Crippen molar-refractivity contribution in [2.24, 2.45) is 0 Å². The molecule has 1 aromatic rings. The predicted octanol–water partition coefficient (Wildman–Crippen LogP) is 2.84. The predicted molar refractivity (Wildman–Crippen MR) is 82.3 cm³/mol. The van der Waals surface area contributed by atoms with Gasteiger partial charge in [0.15, 0.2) is 0 Å². The Bertz CT molecular complexity index is 473. The summed E-state index contributed by atoms with van der Waals surface area (Å²) in [6.07, 6.45) is 3.64. The lowest BCUT2D eigenvalue weighted by atomic mass is 10.1. The van der Waals surface area contributed by atoms with Gasteiger partial charge in [-0.3, -0.25) is 9.59 Å². The van der Waals surface area contributed by atoms with Crippen molar-refractivity contribution in [2.45, 2.75) is 37.4 Å². The van der Waals surface area contributed by atoms with Crippen molar-refractivity contribution in [1.82, 2.24) is 5.32 Å². The van der Waals surface area contributed by atoms with Crippen molar-refractivity contribution < 1.29 is 14.7 Å². The van der Waals surface area contributed by atoms with Crippen LogP contribution < -0.4 is 5.32 Å². The first-order valence-electron chi connectivity index (χ1n) is 6.86. The second-order valence-corrected chi connectivity index (χ2v) is 7.01. The summed E-state index contributed by atoms with van der Waals surface area (Å²) >= 11 is 3.44. The molecule has 110 valence electrons. The average molecular weight is 313 g/mol. The Morgan fingerprint density at radius 2 is 2.20 bits per heavy atom. The lowest BCUT2D eigenvalue weighted by molar-refractivity contribution is -0.137. The summed E-state index contributed by atoms with van der Waals surface area (Å²) in [4.78, 5) is 23.9. The number of fused-ring (bicyclic) bond motifs is 1. The molecule has 2 N–H and O–H groups in total. The molecule has 0 aliphatic carbocycles. The maximum atomic E-state index is 12.2. The van der Waals surface area contributed by atoms with E-state index in [-0.39, 0.29) is 17.6 Å². The van der Waals surface area contributed by atoms with E-state index in [0.717, 1.165) is 25.0 Å². The molecule has 1 unspecified atom stereocenters. The van der Waals surface area contributed by atoms with E-state index in [1.54, 1.807) is 23.1 Å². The number of carbonyl (C=O) groups excluding carboxylic acids is 1. The highest BCUT2D eigenvalue weighted by molar-refractivity contribution is 8.00. The Kier molecular flexibility index (Phi) is 5.91. The number of hydrogen-bond acceptors (Lipinski definition) is 4. The number of nitrogens with one attached hydrogen (secondary N) is 1. The SMILES string of the molecule is O=C(O)CCCCCNC(=O)C1SCCc2sccc21. The fourth-order valence-corrected chi connectivity index (χ4v) is 4.56. The van der Waals surface area contributed by atoms with Gasteiger partial charge in [-0.1, -0.05) is 6.42 Å². The van der Waals surface area contributed by atoms with E-state index in [1.807, 2.05) is 0 Å². The summed E-state index contributed by atoms with van der Waals surface area (Å²) in [6, 6.07) is 2.06. The molecule has 20 heavy (non-hydrogen) atoms. The maximum Gasteiger partial charge on any atom is 0.303 e. The van der Waals surface area contributed by atoms with Crippen LogP contribution in [0.3, 0.4) is 0 Å². The van der Waals surface area contributed by atoms with Crippen LogP contribution in [0, 0.1) is 0 Å². The summed E-state index contributed by atoms with van der Waals surface area (Å²) in [7, 11) is 0. The van der Waals surface area contributed by atoms with Gasteiger partial charge in [0.25, 0.3) is 0 Å². The molecular formula is C14H19NO3S2. The highest BCUT2D eigenvalue weighted by Crippen LogP contribution is 2.39. The molecule has 1 aliphatic rings. The number of carbonyl (C=O) groups is 2. The summed E-state index contributed by atoms with van der Waals surface area (Å²) in [5.41, 5.74) is 1.18. The second kappa shape index (κ2) is 7.69. The Hall–Kier alpha value is -1.01. The Balaban J connectivity index is 1.70. The molecule has 0 spiro atoms. The van der Waals surface area contributed by atoms with Gasteiger partial charge in [0.2, 0.25) is 5.91 Å². The number of carboxylic acid groups (broad SMARTS) is 1. The number of thioether (sulfide) groups is 1. The van der Waals surface area contributed by atoms with Gasteiger partial charge in [0.05, 0.1) is 0 Å². The lowest BCUT2D eigenvalue weighted by Gasteiger charge is -2.21. The normalized spacial score (nSPS) is 17.5. The molecule has 0 saturated carbocycles. The molecular weight excluding hydrogens is 294 g/mol. The van der Waals surface area contributed by atoms with Crippen molar-refractivity contribution in [1.29, 1.82) is 0 Å². The van der Waals surface area contributed by atoms with Crippen LogP contribution >= 0.6 is 23.1 Å². The molecule has 4 nitrogen and oxygen atoms in total. The second-order valence-electron chi connectivity index (χ2n) is 4.80. The Labute approximate surface area is 127 Å². The highest BCUT2D eigenvalue weighted by atomic mass is 32.2. The zero-order valence-electron chi connectivity index (χ0n) is 11.3. The number of thiophene rings is 1. The molecule has 0 radical (unpaired) electrons. The molecule has 0 bridgehead atoms. The first-order valence-corrected chi connectivity index (χ1v) is 8.78. The molecule has 0 saturated heterocycles. The monoisotopic (exact) mass is 313 g/mol. The Morgan fingerprint density at radius 3 is 3.00 bits per heavy atom. The van der Waals surface area contributed by atoms with E-state index in [9.17, 15) is 9.59 Å². The van der Waals surface area contributed by atoms with Crippen LogP contribution in [0.5, 0.6) is 0 Å². The fourth-order valence-electron chi connectivity index (χ4n) is 2.25. The summed E-state index contributed by atoms with van der Waals surface area (Å²) in [5, 5.41) is 13.5. The first-order chi connectivity index (χ1) is 9.68.